The number of hydrazone groups is 1. The number of hydrogen-bond acceptors (Lipinski definition) is 2. The summed E-state index contributed by atoms with van der Waals surface area (Å²) in [5.74, 6) is -0.689. The number of carbonyl (C=O) groups is 1. The maximum atomic E-state index is 13.1. The SMILES string of the molecule is C/C=N/N(C(=O)C(CC)CC)c1ccc(F)cc1Cl. The summed E-state index contributed by atoms with van der Waals surface area (Å²) in [5, 5.41) is 5.47. The molecule has 0 aliphatic rings. The summed E-state index contributed by atoms with van der Waals surface area (Å²) in [4.78, 5) is 12.4. The Morgan fingerprint density at radius 2 is 2.11 bits per heavy atom. The molecule has 1 aromatic carbocycles. The van der Waals surface area contributed by atoms with Crippen molar-refractivity contribution in [3.8, 4) is 0 Å². The predicted molar refractivity (Wildman–Crippen MR) is 77.1 cm³/mol. The largest absolute Gasteiger partial charge is 0.272 e. The van der Waals surface area contributed by atoms with E-state index in [1.165, 1.54) is 29.4 Å². The molecule has 0 saturated carbocycles. The highest BCUT2D eigenvalue weighted by Crippen LogP contribution is 2.29. The van der Waals surface area contributed by atoms with Crippen molar-refractivity contribution >= 4 is 29.4 Å². The summed E-state index contributed by atoms with van der Waals surface area (Å²) in [6.45, 7) is 5.61. The van der Waals surface area contributed by atoms with Crippen LogP contribution in [0.3, 0.4) is 0 Å². The Morgan fingerprint density at radius 1 is 1.47 bits per heavy atom. The van der Waals surface area contributed by atoms with Gasteiger partial charge in [0, 0.05) is 12.1 Å². The molecule has 0 spiro atoms. The zero-order valence-corrected chi connectivity index (χ0v) is 12.1. The van der Waals surface area contributed by atoms with Crippen LogP contribution in [0, 0.1) is 11.7 Å². The summed E-state index contributed by atoms with van der Waals surface area (Å²) < 4.78 is 13.1. The molecule has 1 aromatic rings. The van der Waals surface area contributed by atoms with Crippen molar-refractivity contribution in [2.45, 2.75) is 33.6 Å². The third-order valence-electron chi connectivity index (χ3n) is 2.91. The number of benzene rings is 1. The smallest absolute Gasteiger partial charge is 0.250 e. The van der Waals surface area contributed by atoms with Crippen LogP contribution in [0.25, 0.3) is 0 Å². The number of halogens is 2. The molecule has 1 amide bonds. The van der Waals surface area contributed by atoms with Gasteiger partial charge in [-0.25, -0.2) is 4.39 Å². The zero-order chi connectivity index (χ0) is 14.4. The fourth-order valence-corrected chi connectivity index (χ4v) is 2.06. The molecule has 3 nitrogen and oxygen atoms in total. The van der Waals surface area contributed by atoms with Crippen molar-refractivity contribution in [2.75, 3.05) is 5.01 Å². The van der Waals surface area contributed by atoms with Crippen LogP contribution < -0.4 is 5.01 Å². The first-order chi connectivity index (χ1) is 9.04. The van der Waals surface area contributed by atoms with Crippen molar-refractivity contribution in [3.63, 3.8) is 0 Å². The van der Waals surface area contributed by atoms with Gasteiger partial charge in [0.05, 0.1) is 10.7 Å². The summed E-state index contributed by atoms with van der Waals surface area (Å²) in [7, 11) is 0. The van der Waals surface area contributed by atoms with E-state index >= 15 is 0 Å². The highest BCUT2D eigenvalue weighted by Gasteiger charge is 2.24. The Balaban J connectivity index is 3.16. The van der Waals surface area contributed by atoms with Crippen LogP contribution in [0.1, 0.15) is 33.6 Å². The number of rotatable bonds is 5. The van der Waals surface area contributed by atoms with E-state index in [1.54, 1.807) is 6.92 Å². The first kappa shape index (κ1) is 15.6. The molecule has 0 N–H and O–H groups in total. The second kappa shape index (κ2) is 7.24. The van der Waals surface area contributed by atoms with Gasteiger partial charge in [-0.3, -0.25) is 4.79 Å². The van der Waals surface area contributed by atoms with Crippen molar-refractivity contribution in [1.29, 1.82) is 0 Å². The van der Waals surface area contributed by atoms with E-state index in [2.05, 4.69) is 5.10 Å². The minimum Gasteiger partial charge on any atom is -0.272 e. The minimum absolute atomic E-state index is 0.121. The van der Waals surface area contributed by atoms with E-state index < -0.39 is 5.82 Å². The molecule has 0 saturated heterocycles. The van der Waals surface area contributed by atoms with E-state index in [1.807, 2.05) is 13.8 Å². The van der Waals surface area contributed by atoms with Crippen LogP contribution in [-0.2, 0) is 4.79 Å². The lowest BCUT2D eigenvalue weighted by atomic mass is 10.0. The average molecular weight is 285 g/mol. The third-order valence-corrected chi connectivity index (χ3v) is 3.22. The van der Waals surface area contributed by atoms with E-state index in [0.717, 1.165) is 12.8 Å². The van der Waals surface area contributed by atoms with Crippen LogP contribution in [-0.4, -0.2) is 12.1 Å². The van der Waals surface area contributed by atoms with Gasteiger partial charge in [-0.05, 0) is 38.0 Å². The van der Waals surface area contributed by atoms with Gasteiger partial charge in [0.1, 0.15) is 5.82 Å². The summed E-state index contributed by atoms with van der Waals surface area (Å²) in [6, 6.07) is 3.90. The molecule has 19 heavy (non-hydrogen) atoms. The molecule has 0 radical (unpaired) electrons. The monoisotopic (exact) mass is 284 g/mol. The highest BCUT2D eigenvalue weighted by atomic mass is 35.5. The van der Waals surface area contributed by atoms with Crippen LogP contribution >= 0.6 is 11.6 Å². The lowest BCUT2D eigenvalue weighted by Crippen LogP contribution is -2.32. The van der Waals surface area contributed by atoms with Gasteiger partial charge in [-0.2, -0.15) is 10.1 Å². The predicted octanol–water partition coefficient (Wildman–Crippen LogP) is 4.25. The van der Waals surface area contributed by atoms with Gasteiger partial charge in [0.15, 0.2) is 0 Å². The number of anilines is 1. The van der Waals surface area contributed by atoms with Gasteiger partial charge in [-0.15, -0.1) is 0 Å². The fourth-order valence-electron chi connectivity index (χ4n) is 1.82. The van der Waals surface area contributed by atoms with E-state index in [4.69, 9.17) is 11.6 Å². The lowest BCUT2D eigenvalue weighted by Gasteiger charge is -2.22. The Hall–Kier alpha value is -1.42. The summed E-state index contributed by atoms with van der Waals surface area (Å²) in [6.07, 6.45) is 2.97. The van der Waals surface area contributed by atoms with Crippen LogP contribution in [0.2, 0.25) is 5.02 Å². The molecule has 0 aliphatic heterocycles. The molecule has 104 valence electrons. The van der Waals surface area contributed by atoms with Gasteiger partial charge in [0.25, 0.3) is 5.91 Å². The van der Waals surface area contributed by atoms with E-state index in [9.17, 15) is 9.18 Å². The summed E-state index contributed by atoms with van der Waals surface area (Å²) in [5.41, 5.74) is 0.401. The van der Waals surface area contributed by atoms with Crippen LogP contribution in [0.4, 0.5) is 10.1 Å². The lowest BCUT2D eigenvalue weighted by molar-refractivity contribution is -0.122. The second-order valence-electron chi connectivity index (χ2n) is 4.13. The van der Waals surface area contributed by atoms with Gasteiger partial charge < -0.3 is 0 Å². The number of amides is 1. The number of carbonyl (C=O) groups excluding carboxylic acids is 1. The standard InChI is InChI=1S/C14H18ClFN2O/c1-4-10(5-2)14(19)18(17-6-3)13-8-7-11(16)9-12(13)15/h6-10H,4-5H2,1-3H3/b17-6+. The molecule has 1 rings (SSSR count). The van der Waals surface area contributed by atoms with Crippen molar-refractivity contribution < 1.29 is 9.18 Å². The minimum atomic E-state index is -0.441. The normalized spacial score (nSPS) is 11.3. The molecule has 5 heteroatoms. The molecule has 0 atom stereocenters. The quantitative estimate of drug-likeness (QED) is 0.587. The van der Waals surface area contributed by atoms with Crippen molar-refractivity contribution in [2.24, 2.45) is 11.0 Å². The van der Waals surface area contributed by atoms with Gasteiger partial charge in [-0.1, -0.05) is 25.4 Å². The van der Waals surface area contributed by atoms with Gasteiger partial charge >= 0.3 is 0 Å². The van der Waals surface area contributed by atoms with Gasteiger partial charge in [0.2, 0.25) is 0 Å². The Bertz CT molecular complexity index is 473. The molecule has 0 aromatic heterocycles. The Morgan fingerprint density at radius 3 is 2.58 bits per heavy atom. The first-order valence-corrected chi connectivity index (χ1v) is 6.70. The van der Waals surface area contributed by atoms with Crippen LogP contribution in [0.15, 0.2) is 23.3 Å². The van der Waals surface area contributed by atoms with E-state index in [-0.39, 0.29) is 16.8 Å². The highest BCUT2D eigenvalue weighted by molar-refractivity contribution is 6.33. The molecular formula is C14H18ClFN2O. The third kappa shape index (κ3) is 3.77. The fraction of sp³-hybridized carbons (Fsp3) is 0.429. The molecule has 0 fully saturated rings. The van der Waals surface area contributed by atoms with Crippen molar-refractivity contribution in [1.82, 2.24) is 0 Å². The topological polar surface area (TPSA) is 32.7 Å². The molecular weight excluding hydrogens is 267 g/mol. The number of hydrogen-bond donors (Lipinski definition) is 0. The second-order valence-corrected chi connectivity index (χ2v) is 4.54. The maximum Gasteiger partial charge on any atom is 0.250 e. The van der Waals surface area contributed by atoms with Crippen molar-refractivity contribution in [3.05, 3.63) is 29.0 Å². The average Bonchev–Trinajstić information content (AvgIpc) is 2.38. The Kier molecular flexibility index (Phi) is 5.96. The number of nitrogens with zero attached hydrogens (tertiary/aromatic N) is 2. The Labute approximate surface area is 118 Å². The molecule has 0 heterocycles. The zero-order valence-electron chi connectivity index (χ0n) is 11.4. The molecule has 0 aliphatic carbocycles. The molecule has 0 bridgehead atoms. The summed E-state index contributed by atoms with van der Waals surface area (Å²) >= 11 is 5.99. The van der Waals surface area contributed by atoms with Crippen LogP contribution in [0.5, 0.6) is 0 Å². The maximum absolute atomic E-state index is 13.1. The van der Waals surface area contributed by atoms with E-state index in [0.29, 0.717) is 5.69 Å². The molecule has 0 unspecified atom stereocenters. The first-order valence-electron chi connectivity index (χ1n) is 6.32.